The maximum Gasteiger partial charge on any atom is 0.220 e. The van der Waals surface area contributed by atoms with Crippen molar-refractivity contribution in [2.75, 3.05) is 26.4 Å². The Labute approximate surface area is 407 Å². The number of aliphatic hydroxyl groups is 11. The number of carbonyl (C=O) groups is 1. The molecule has 17 unspecified atom stereocenters. The molecule has 0 bridgehead atoms. The molecule has 69 heavy (non-hydrogen) atoms. The lowest BCUT2D eigenvalue weighted by Gasteiger charge is -2.48. The van der Waals surface area contributed by atoms with Gasteiger partial charge in [-0.3, -0.25) is 4.79 Å². The summed E-state index contributed by atoms with van der Waals surface area (Å²) in [6.45, 7) is 1.38. The maximum atomic E-state index is 13.1. The first-order valence-corrected chi connectivity index (χ1v) is 24.7. The Morgan fingerprint density at radius 3 is 1.59 bits per heavy atom. The van der Waals surface area contributed by atoms with Crippen LogP contribution >= 0.6 is 0 Å². The number of amides is 1. The molecule has 1 amide bonds. The van der Waals surface area contributed by atoms with Crippen LogP contribution in [0.4, 0.5) is 0 Å². The Kier molecular flexibility index (Phi) is 30.3. The minimum absolute atomic E-state index is 0.202. The molecule has 17 atom stereocenters. The van der Waals surface area contributed by atoms with Crippen LogP contribution < -0.4 is 5.32 Å². The van der Waals surface area contributed by atoms with Crippen LogP contribution in [0.25, 0.3) is 0 Å². The van der Waals surface area contributed by atoms with Gasteiger partial charge < -0.3 is 89.9 Å². The summed E-state index contributed by atoms with van der Waals surface area (Å²) in [5.74, 6) is -0.320. The van der Waals surface area contributed by atoms with Gasteiger partial charge in [0, 0.05) is 6.42 Å². The highest BCUT2D eigenvalue weighted by atomic mass is 16.8. The number of unbranched alkanes of at least 4 members (excludes halogenated alkanes) is 6. The second-order valence-electron chi connectivity index (χ2n) is 17.5. The van der Waals surface area contributed by atoms with Crippen molar-refractivity contribution in [3.63, 3.8) is 0 Å². The Morgan fingerprint density at radius 2 is 1.01 bits per heavy atom. The van der Waals surface area contributed by atoms with Crippen molar-refractivity contribution in [3.05, 3.63) is 72.9 Å². The zero-order valence-corrected chi connectivity index (χ0v) is 40.2. The molecule has 3 saturated heterocycles. The smallest absolute Gasteiger partial charge is 0.220 e. The number of carbonyl (C=O) groups excluding carboxylic acids is 1. The minimum Gasteiger partial charge on any atom is -0.394 e. The maximum absolute atomic E-state index is 13.1. The van der Waals surface area contributed by atoms with Crippen LogP contribution in [-0.2, 0) is 33.2 Å². The molecule has 3 rings (SSSR count). The molecule has 0 spiro atoms. The second kappa shape index (κ2) is 34.6. The van der Waals surface area contributed by atoms with Gasteiger partial charge in [-0.1, -0.05) is 106 Å². The molecule has 3 aliphatic heterocycles. The second-order valence-corrected chi connectivity index (χ2v) is 17.5. The minimum atomic E-state index is -1.98. The molecule has 0 radical (unpaired) electrons. The lowest BCUT2D eigenvalue weighted by molar-refractivity contribution is -0.379. The Bertz CT molecular complexity index is 1560. The third-order valence-corrected chi connectivity index (χ3v) is 12.0. The number of ether oxygens (including phenoxy) is 6. The van der Waals surface area contributed by atoms with Gasteiger partial charge in [0.1, 0.15) is 73.2 Å². The average molecular weight is 986 g/mol. The molecule has 0 saturated carbocycles. The summed E-state index contributed by atoms with van der Waals surface area (Å²) in [6, 6.07) is -1.00. The molecule has 0 aliphatic carbocycles. The third kappa shape index (κ3) is 20.7. The zero-order chi connectivity index (χ0) is 50.6. The van der Waals surface area contributed by atoms with E-state index in [0.717, 1.165) is 70.6 Å². The summed E-state index contributed by atoms with van der Waals surface area (Å²) < 4.78 is 33.9. The largest absolute Gasteiger partial charge is 0.394 e. The van der Waals surface area contributed by atoms with Gasteiger partial charge in [0.2, 0.25) is 5.91 Å². The zero-order valence-electron chi connectivity index (χ0n) is 40.2. The molecule has 0 aromatic heterocycles. The van der Waals surface area contributed by atoms with Gasteiger partial charge in [0.05, 0.1) is 38.6 Å². The van der Waals surface area contributed by atoms with Gasteiger partial charge in [-0.15, -0.1) is 0 Å². The highest BCUT2D eigenvalue weighted by Gasteiger charge is 2.53. The van der Waals surface area contributed by atoms with E-state index in [0.29, 0.717) is 12.8 Å². The van der Waals surface area contributed by atoms with Crippen molar-refractivity contribution < 1.29 is 89.4 Å². The molecule has 19 nitrogen and oxygen atoms in total. The van der Waals surface area contributed by atoms with Gasteiger partial charge >= 0.3 is 0 Å². The lowest BCUT2D eigenvalue weighted by atomic mass is 9.96. The van der Waals surface area contributed by atoms with Crippen molar-refractivity contribution in [3.8, 4) is 0 Å². The first-order chi connectivity index (χ1) is 33.3. The van der Waals surface area contributed by atoms with Crippen molar-refractivity contribution in [2.24, 2.45) is 0 Å². The number of aliphatic hydroxyl groups excluding tert-OH is 11. The van der Waals surface area contributed by atoms with E-state index in [9.17, 15) is 61.0 Å². The molecule has 0 aromatic rings. The average Bonchev–Trinajstić information content (AvgIpc) is 3.34. The van der Waals surface area contributed by atoms with Crippen molar-refractivity contribution >= 4 is 5.91 Å². The lowest BCUT2D eigenvalue weighted by Crippen LogP contribution is -2.66. The topological polar surface area (TPSA) is 307 Å². The number of rotatable bonds is 32. The van der Waals surface area contributed by atoms with E-state index in [-0.39, 0.29) is 18.9 Å². The van der Waals surface area contributed by atoms with Gasteiger partial charge in [-0.2, -0.15) is 0 Å². The molecule has 12 N–H and O–H groups in total. The first-order valence-electron chi connectivity index (χ1n) is 24.7. The predicted octanol–water partition coefficient (Wildman–Crippen LogP) is 1.14. The SMILES string of the molecule is CC/C=C\C/C=C\C/C=C\C/C=C\CCCCCCC(=O)NC(COC1OC(CO)C(OC2OC(CO)C(OC3OC(CO)C(O)C(O)C3O)C(O)C2O)C(O)C1O)C(O)/C=C/CC/C=C/CCC. The van der Waals surface area contributed by atoms with E-state index in [1.165, 1.54) is 0 Å². The predicted molar refractivity (Wildman–Crippen MR) is 254 cm³/mol. The van der Waals surface area contributed by atoms with Gasteiger partial charge in [-0.25, -0.2) is 0 Å². The molecular weight excluding hydrogens is 903 g/mol. The normalized spacial score (nSPS) is 33.5. The summed E-state index contributed by atoms with van der Waals surface area (Å²) in [6.07, 6.45) is 9.54. The van der Waals surface area contributed by atoms with Gasteiger partial charge in [-0.05, 0) is 64.2 Å². The quantitative estimate of drug-likeness (QED) is 0.0332. The van der Waals surface area contributed by atoms with E-state index >= 15 is 0 Å². The van der Waals surface area contributed by atoms with Crippen molar-refractivity contribution in [2.45, 2.75) is 208 Å². The van der Waals surface area contributed by atoms with Crippen LogP contribution in [0.15, 0.2) is 72.9 Å². The van der Waals surface area contributed by atoms with Gasteiger partial charge in [0.25, 0.3) is 0 Å². The first kappa shape index (κ1) is 60.5. The molecule has 19 heteroatoms. The van der Waals surface area contributed by atoms with Crippen LogP contribution in [0.3, 0.4) is 0 Å². The molecule has 3 aliphatic rings. The van der Waals surface area contributed by atoms with E-state index in [4.69, 9.17) is 28.4 Å². The van der Waals surface area contributed by atoms with E-state index in [2.05, 4.69) is 79.9 Å². The molecule has 3 heterocycles. The Morgan fingerprint density at radius 1 is 0.536 bits per heavy atom. The van der Waals surface area contributed by atoms with Crippen LogP contribution in [0.1, 0.15) is 104 Å². The van der Waals surface area contributed by atoms with Crippen LogP contribution in [-0.4, -0.2) is 193 Å². The number of allylic oxidation sites excluding steroid dienone is 11. The number of hydrogen-bond donors (Lipinski definition) is 12. The highest BCUT2D eigenvalue weighted by molar-refractivity contribution is 5.76. The third-order valence-electron chi connectivity index (χ3n) is 12.0. The fourth-order valence-corrected chi connectivity index (χ4v) is 7.85. The molecule has 3 fully saturated rings. The fourth-order valence-electron chi connectivity index (χ4n) is 7.85. The molecule has 0 aromatic carbocycles. The van der Waals surface area contributed by atoms with Crippen LogP contribution in [0.2, 0.25) is 0 Å². The summed E-state index contributed by atoms with van der Waals surface area (Å²) in [5, 5.41) is 119. The Hall–Kier alpha value is -2.77. The van der Waals surface area contributed by atoms with Crippen LogP contribution in [0, 0.1) is 0 Å². The van der Waals surface area contributed by atoms with Crippen molar-refractivity contribution in [1.82, 2.24) is 5.32 Å². The summed E-state index contributed by atoms with van der Waals surface area (Å²) in [4.78, 5) is 13.1. The summed E-state index contributed by atoms with van der Waals surface area (Å²) in [5.41, 5.74) is 0. The molecular formula is C50H83NO18. The van der Waals surface area contributed by atoms with E-state index in [1.54, 1.807) is 12.2 Å². The number of hydrogen-bond acceptors (Lipinski definition) is 18. The summed E-state index contributed by atoms with van der Waals surface area (Å²) in [7, 11) is 0. The highest BCUT2D eigenvalue weighted by Crippen LogP contribution is 2.33. The number of nitrogens with one attached hydrogen (secondary N) is 1. The summed E-state index contributed by atoms with van der Waals surface area (Å²) >= 11 is 0. The van der Waals surface area contributed by atoms with E-state index in [1.807, 2.05) is 0 Å². The van der Waals surface area contributed by atoms with Gasteiger partial charge in [0.15, 0.2) is 18.9 Å². The fraction of sp³-hybridized carbons (Fsp3) is 0.740. The molecule has 396 valence electrons. The standard InChI is InChI=1S/C50H83NO18/c1-3-5-7-9-11-12-13-14-15-16-17-18-19-20-22-24-26-28-38(56)51-33(34(55)27-25-23-21-10-8-6-4-2)32-64-48-44(62)41(59)46(36(30-53)66-48)69-50-45(63)42(60)47(37(31-54)67-50)68-49-43(61)40(58)39(57)35(29-52)65-49/h5,7-8,10-12,14-15,17-18,25,27,33-37,39-50,52-55,57-63H,3-4,6,9,13,16,19-24,26,28-32H2,1-2H3,(H,51,56)/b7-5-,10-8+,12-11-,15-14-,18-17-,27-25+. The van der Waals surface area contributed by atoms with Crippen molar-refractivity contribution in [1.29, 1.82) is 0 Å². The van der Waals surface area contributed by atoms with Crippen LogP contribution in [0.5, 0.6) is 0 Å². The van der Waals surface area contributed by atoms with E-state index < -0.39 is 124 Å². The Balaban J connectivity index is 1.54. The monoisotopic (exact) mass is 986 g/mol.